The van der Waals surface area contributed by atoms with Crippen molar-refractivity contribution in [3.05, 3.63) is 11.6 Å². The third kappa shape index (κ3) is 6.72. The Bertz CT molecular complexity index is 172. The third-order valence-electron chi connectivity index (χ3n) is 3.32. The van der Waals surface area contributed by atoms with E-state index in [9.17, 15) is 0 Å². The average molecular weight is 210 g/mol. The molecule has 0 radical (unpaired) electrons. The van der Waals surface area contributed by atoms with Gasteiger partial charge in [-0.3, -0.25) is 0 Å². The highest BCUT2D eigenvalue weighted by Crippen LogP contribution is 2.18. The van der Waals surface area contributed by atoms with Gasteiger partial charge in [0, 0.05) is 6.61 Å². The monoisotopic (exact) mass is 210 g/mol. The van der Waals surface area contributed by atoms with E-state index >= 15 is 0 Å². The highest BCUT2D eigenvalue weighted by molar-refractivity contribution is 5.01. The molecule has 1 nitrogen and oxygen atoms in total. The summed E-state index contributed by atoms with van der Waals surface area (Å²) in [4.78, 5) is 0. The fourth-order valence-electron chi connectivity index (χ4n) is 2.34. The van der Waals surface area contributed by atoms with Crippen LogP contribution < -0.4 is 0 Å². The molecule has 1 N–H and O–H groups in total. The molecule has 0 bridgehead atoms. The van der Waals surface area contributed by atoms with Gasteiger partial charge in [0.1, 0.15) is 0 Å². The van der Waals surface area contributed by atoms with Crippen LogP contribution in [0.25, 0.3) is 0 Å². The van der Waals surface area contributed by atoms with Crippen molar-refractivity contribution >= 4 is 0 Å². The van der Waals surface area contributed by atoms with Gasteiger partial charge in [0.15, 0.2) is 0 Å². The summed E-state index contributed by atoms with van der Waals surface area (Å²) in [6.07, 6.45) is 16.9. The lowest BCUT2D eigenvalue weighted by molar-refractivity contribution is 0.297. The Morgan fingerprint density at radius 2 is 1.47 bits per heavy atom. The van der Waals surface area contributed by atoms with Gasteiger partial charge in [-0.05, 0) is 32.1 Å². The normalized spacial score (nSPS) is 24.7. The lowest BCUT2D eigenvalue weighted by atomic mass is 9.99. The molecule has 0 heterocycles. The van der Waals surface area contributed by atoms with E-state index < -0.39 is 0 Å². The first-order chi connectivity index (χ1) is 7.43. The molecule has 0 fully saturated rings. The van der Waals surface area contributed by atoms with E-state index in [0.29, 0.717) is 6.61 Å². The maximum Gasteiger partial charge on any atom is 0.0468 e. The molecule has 0 amide bonds. The van der Waals surface area contributed by atoms with Crippen LogP contribution in [0.4, 0.5) is 0 Å². The molecule has 0 aromatic carbocycles. The number of hydrogen-bond donors (Lipinski definition) is 1. The molecular weight excluding hydrogens is 184 g/mol. The largest absolute Gasteiger partial charge is 0.396 e. The van der Waals surface area contributed by atoms with E-state index in [4.69, 9.17) is 5.11 Å². The van der Waals surface area contributed by atoms with E-state index in [-0.39, 0.29) is 0 Å². The van der Waals surface area contributed by atoms with E-state index in [1.54, 1.807) is 0 Å². The van der Waals surface area contributed by atoms with Gasteiger partial charge in [-0.25, -0.2) is 0 Å². The Morgan fingerprint density at radius 3 is 2.13 bits per heavy atom. The Kier molecular flexibility index (Phi) is 7.63. The van der Waals surface area contributed by atoms with E-state index in [1.807, 2.05) is 0 Å². The number of rotatable bonds is 2. The summed E-state index contributed by atoms with van der Waals surface area (Å²) in [5.41, 5.74) is 1.50. The quantitative estimate of drug-likeness (QED) is 0.677. The SMILES string of the molecule is OCC/C1=C/CCCCCCCCCC1. The highest BCUT2D eigenvalue weighted by atomic mass is 16.2. The van der Waals surface area contributed by atoms with Crippen LogP contribution in [-0.4, -0.2) is 11.7 Å². The first-order valence-electron chi connectivity index (χ1n) is 6.72. The predicted molar refractivity (Wildman–Crippen MR) is 66.0 cm³/mol. The van der Waals surface area contributed by atoms with Gasteiger partial charge in [0.05, 0.1) is 0 Å². The van der Waals surface area contributed by atoms with E-state index in [2.05, 4.69) is 6.08 Å². The van der Waals surface area contributed by atoms with Crippen molar-refractivity contribution in [1.29, 1.82) is 0 Å². The molecule has 0 aromatic rings. The molecule has 15 heavy (non-hydrogen) atoms. The molecule has 1 aliphatic rings. The second-order valence-corrected chi connectivity index (χ2v) is 4.70. The topological polar surface area (TPSA) is 20.2 Å². The smallest absolute Gasteiger partial charge is 0.0468 e. The molecule has 1 heteroatoms. The van der Waals surface area contributed by atoms with Crippen LogP contribution in [0.5, 0.6) is 0 Å². The highest BCUT2D eigenvalue weighted by Gasteiger charge is 1.99. The van der Waals surface area contributed by atoms with Crippen LogP contribution in [0.15, 0.2) is 11.6 Å². The summed E-state index contributed by atoms with van der Waals surface area (Å²) in [7, 11) is 0. The lowest BCUT2D eigenvalue weighted by Gasteiger charge is -2.08. The zero-order valence-electron chi connectivity index (χ0n) is 10.0. The standard InChI is InChI=1S/C14H26O/c15-13-12-14-10-8-6-4-2-1-3-5-7-9-11-14/h10,15H,1-9,11-13H2/b14-10+. The van der Waals surface area contributed by atoms with E-state index in [1.165, 1.54) is 69.8 Å². The fourth-order valence-corrected chi connectivity index (χ4v) is 2.34. The van der Waals surface area contributed by atoms with Crippen molar-refractivity contribution in [2.24, 2.45) is 0 Å². The molecule has 1 rings (SSSR count). The molecule has 0 unspecified atom stereocenters. The summed E-state index contributed by atoms with van der Waals surface area (Å²) in [5.74, 6) is 0. The third-order valence-corrected chi connectivity index (χ3v) is 3.32. The summed E-state index contributed by atoms with van der Waals surface area (Å²) in [5, 5.41) is 8.97. The van der Waals surface area contributed by atoms with Gasteiger partial charge in [-0.2, -0.15) is 0 Å². The zero-order chi connectivity index (χ0) is 10.8. The van der Waals surface area contributed by atoms with Crippen molar-refractivity contribution in [3.8, 4) is 0 Å². The minimum atomic E-state index is 0.325. The summed E-state index contributed by atoms with van der Waals surface area (Å²) < 4.78 is 0. The van der Waals surface area contributed by atoms with E-state index in [0.717, 1.165) is 6.42 Å². The van der Waals surface area contributed by atoms with Crippen LogP contribution in [0, 0.1) is 0 Å². The van der Waals surface area contributed by atoms with Crippen molar-refractivity contribution in [3.63, 3.8) is 0 Å². The number of hydrogen-bond acceptors (Lipinski definition) is 1. The maximum atomic E-state index is 8.97. The molecule has 0 spiro atoms. The molecule has 88 valence electrons. The number of allylic oxidation sites excluding steroid dienone is 1. The van der Waals surface area contributed by atoms with Crippen LogP contribution in [0.1, 0.15) is 70.6 Å². The average Bonchev–Trinajstić information content (AvgIpc) is 2.22. The van der Waals surface area contributed by atoms with Crippen LogP contribution >= 0.6 is 0 Å². The van der Waals surface area contributed by atoms with Gasteiger partial charge in [0.2, 0.25) is 0 Å². The Hall–Kier alpha value is -0.300. The second kappa shape index (κ2) is 8.96. The van der Waals surface area contributed by atoms with Gasteiger partial charge >= 0.3 is 0 Å². The molecule has 0 saturated heterocycles. The molecule has 1 aliphatic carbocycles. The first-order valence-corrected chi connectivity index (χ1v) is 6.72. The molecule has 0 atom stereocenters. The van der Waals surface area contributed by atoms with Crippen LogP contribution in [-0.2, 0) is 0 Å². The van der Waals surface area contributed by atoms with Gasteiger partial charge in [-0.15, -0.1) is 0 Å². The summed E-state index contributed by atoms with van der Waals surface area (Å²) in [6.45, 7) is 0.325. The molecular formula is C14H26O. The minimum Gasteiger partial charge on any atom is -0.396 e. The fraction of sp³-hybridized carbons (Fsp3) is 0.857. The zero-order valence-corrected chi connectivity index (χ0v) is 10.0. The maximum absolute atomic E-state index is 8.97. The second-order valence-electron chi connectivity index (χ2n) is 4.70. The minimum absolute atomic E-state index is 0.325. The summed E-state index contributed by atoms with van der Waals surface area (Å²) >= 11 is 0. The Morgan fingerprint density at radius 1 is 0.867 bits per heavy atom. The van der Waals surface area contributed by atoms with Crippen LogP contribution in [0.3, 0.4) is 0 Å². The van der Waals surface area contributed by atoms with Crippen LogP contribution in [0.2, 0.25) is 0 Å². The number of aliphatic hydroxyl groups is 1. The van der Waals surface area contributed by atoms with Crippen molar-refractivity contribution in [2.45, 2.75) is 70.6 Å². The van der Waals surface area contributed by atoms with Crippen molar-refractivity contribution in [2.75, 3.05) is 6.61 Å². The molecule has 0 saturated carbocycles. The lowest BCUT2D eigenvalue weighted by Crippen LogP contribution is -1.92. The Labute approximate surface area is 94.6 Å². The molecule has 0 aliphatic heterocycles. The molecule has 0 aromatic heterocycles. The number of aliphatic hydroxyl groups excluding tert-OH is 1. The van der Waals surface area contributed by atoms with Gasteiger partial charge in [0.25, 0.3) is 0 Å². The van der Waals surface area contributed by atoms with Gasteiger partial charge in [-0.1, -0.05) is 50.2 Å². The Balaban J connectivity index is 2.31. The summed E-state index contributed by atoms with van der Waals surface area (Å²) in [6, 6.07) is 0. The first kappa shape index (κ1) is 12.8. The van der Waals surface area contributed by atoms with Crippen molar-refractivity contribution in [1.82, 2.24) is 0 Å². The van der Waals surface area contributed by atoms with Gasteiger partial charge < -0.3 is 5.11 Å². The van der Waals surface area contributed by atoms with Crippen molar-refractivity contribution < 1.29 is 5.11 Å². The predicted octanol–water partition coefficient (Wildman–Crippen LogP) is 4.21.